The normalized spacial score (nSPS) is 27.9. The molecule has 34 heavy (non-hydrogen) atoms. The maximum absolute atomic E-state index is 5.25. The third kappa shape index (κ3) is 4.39. The van der Waals surface area contributed by atoms with Crippen LogP contribution in [-0.2, 0) is 0 Å². The van der Waals surface area contributed by atoms with Gasteiger partial charge in [0.25, 0.3) is 0 Å². The van der Waals surface area contributed by atoms with E-state index < -0.39 is 0 Å². The fourth-order valence-corrected chi connectivity index (χ4v) is 7.60. The van der Waals surface area contributed by atoms with Gasteiger partial charge in [-0.3, -0.25) is 9.80 Å². The largest absolute Gasteiger partial charge is 0.339 e. The molecule has 0 radical (unpaired) electrons. The van der Waals surface area contributed by atoms with E-state index in [1.165, 1.54) is 120 Å². The fraction of sp³-hybridized carbons (Fsp3) is 0.759. The summed E-state index contributed by atoms with van der Waals surface area (Å²) in [7, 11) is 0. The molecule has 1 aromatic carbocycles. The van der Waals surface area contributed by atoms with E-state index in [1.807, 2.05) is 0 Å². The first-order valence-electron chi connectivity index (χ1n) is 14.4. The molecule has 4 heterocycles. The number of likely N-dealkylation sites (tertiary alicyclic amines) is 1. The number of aromatic nitrogens is 2. The zero-order chi connectivity index (χ0) is 23.0. The average molecular weight is 464 g/mol. The molecule has 3 saturated heterocycles. The Kier molecular flexibility index (Phi) is 6.59. The molecule has 186 valence electrons. The summed E-state index contributed by atoms with van der Waals surface area (Å²) in [6.07, 6.45) is 16.6. The topological polar surface area (TPSA) is 27.5 Å². The molecule has 6 rings (SSSR count). The molecule has 4 aliphatic rings. The van der Waals surface area contributed by atoms with Crippen molar-refractivity contribution in [3.05, 3.63) is 24.3 Å². The standard InChI is InChI=1S/C29H45N5/c1-29(16-8-3-2-4-9-17-29)33-19-14-24(15-20-33)34-27-13-6-5-12-26(27)30-28(34)32-22-21-31-18-10-7-11-25(31)23-32/h5-6,12-13,24-25H,2-4,7-11,14-23H2,1H3. The van der Waals surface area contributed by atoms with E-state index in [-0.39, 0.29) is 0 Å². The van der Waals surface area contributed by atoms with E-state index in [0.29, 0.717) is 11.6 Å². The molecule has 5 heteroatoms. The Balaban J connectivity index is 1.23. The smallest absolute Gasteiger partial charge is 0.206 e. The van der Waals surface area contributed by atoms with Crippen LogP contribution in [-0.4, -0.2) is 70.2 Å². The Morgan fingerprint density at radius 2 is 1.53 bits per heavy atom. The monoisotopic (exact) mass is 463 g/mol. The molecule has 0 N–H and O–H groups in total. The van der Waals surface area contributed by atoms with Crippen LogP contribution in [0.15, 0.2) is 24.3 Å². The van der Waals surface area contributed by atoms with Gasteiger partial charge in [0.15, 0.2) is 0 Å². The second kappa shape index (κ2) is 9.81. The van der Waals surface area contributed by atoms with Gasteiger partial charge in [0.05, 0.1) is 11.0 Å². The predicted molar refractivity (Wildman–Crippen MR) is 142 cm³/mol. The van der Waals surface area contributed by atoms with Gasteiger partial charge in [-0.2, -0.15) is 0 Å². The van der Waals surface area contributed by atoms with Crippen LogP contribution in [0.4, 0.5) is 5.95 Å². The maximum atomic E-state index is 5.25. The SMILES string of the molecule is CC1(N2CCC(n3c(N4CCN5CCCCC5C4)nc4ccccc43)CC2)CCCCCCC1. The van der Waals surface area contributed by atoms with Gasteiger partial charge < -0.3 is 9.47 Å². The molecule has 1 aromatic heterocycles. The summed E-state index contributed by atoms with van der Waals surface area (Å²) in [5.41, 5.74) is 2.94. The second-order valence-electron chi connectivity index (χ2n) is 11.9. The summed E-state index contributed by atoms with van der Waals surface area (Å²) in [6, 6.07) is 10.2. The molecule has 1 unspecified atom stereocenters. The van der Waals surface area contributed by atoms with Gasteiger partial charge in [-0.25, -0.2) is 4.98 Å². The molecule has 1 aliphatic carbocycles. The van der Waals surface area contributed by atoms with Crippen molar-refractivity contribution in [2.45, 2.75) is 102 Å². The highest BCUT2D eigenvalue weighted by Gasteiger charge is 2.37. The number of piperazine rings is 1. The third-order valence-corrected chi connectivity index (χ3v) is 9.72. The van der Waals surface area contributed by atoms with E-state index >= 15 is 0 Å². The number of nitrogens with zero attached hydrogens (tertiary/aromatic N) is 5. The Morgan fingerprint density at radius 1 is 0.765 bits per heavy atom. The van der Waals surface area contributed by atoms with Crippen molar-refractivity contribution >= 4 is 17.0 Å². The fourth-order valence-electron chi connectivity index (χ4n) is 7.60. The lowest BCUT2D eigenvalue weighted by atomic mass is 9.82. The molecule has 1 atom stereocenters. The Hall–Kier alpha value is -1.59. The molecule has 0 spiro atoms. The van der Waals surface area contributed by atoms with E-state index in [1.54, 1.807) is 0 Å². The number of hydrogen-bond donors (Lipinski definition) is 0. The summed E-state index contributed by atoms with van der Waals surface area (Å²) in [4.78, 5) is 13.5. The Morgan fingerprint density at radius 3 is 2.35 bits per heavy atom. The van der Waals surface area contributed by atoms with Crippen molar-refractivity contribution in [2.24, 2.45) is 0 Å². The van der Waals surface area contributed by atoms with Gasteiger partial charge >= 0.3 is 0 Å². The van der Waals surface area contributed by atoms with Crippen LogP contribution in [0.25, 0.3) is 11.0 Å². The van der Waals surface area contributed by atoms with Gasteiger partial charge in [0, 0.05) is 50.3 Å². The van der Waals surface area contributed by atoms with Gasteiger partial charge in [-0.15, -0.1) is 0 Å². The van der Waals surface area contributed by atoms with E-state index in [0.717, 1.165) is 19.1 Å². The van der Waals surface area contributed by atoms with Crippen molar-refractivity contribution in [1.82, 2.24) is 19.4 Å². The molecule has 0 amide bonds. The number of fused-ring (bicyclic) bond motifs is 2. The van der Waals surface area contributed by atoms with E-state index in [4.69, 9.17) is 4.98 Å². The van der Waals surface area contributed by atoms with Crippen LogP contribution in [0.3, 0.4) is 0 Å². The van der Waals surface area contributed by atoms with Crippen LogP contribution in [0.1, 0.15) is 90.0 Å². The van der Waals surface area contributed by atoms with Crippen LogP contribution >= 0.6 is 0 Å². The first-order valence-corrected chi connectivity index (χ1v) is 14.4. The number of benzene rings is 1. The van der Waals surface area contributed by atoms with Gasteiger partial charge in [0.2, 0.25) is 5.95 Å². The lowest BCUT2D eigenvalue weighted by Crippen LogP contribution is -2.55. The van der Waals surface area contributed by atoms with Crippen molar-refractivity contribution in [1.29, 1.82) is 0 Å². The molecular formula is C29H45N5. The lowest BCUT2D eigenvalue weighted by Gasteiger charge is -2.47. The lowest BCUT2D eigenvalue weighted by molar-refractivity contribution is 0.0441. The third-order valence-electron chi connectivity index (χ3n) is 9.72. The number of para-hydroxylation sites is 2. The molecule has 3 aliphatic heterocycles. The van der Waals surface area contributed by atoms with Crippen molar-refractivity contribution in [2.75, 3.05) is 44.2 Å². The molecular weight excluding hydrogens is 418 g/mol. The number of hydrogen-bond acceptors (Lipinski definition) is 4. The summed E-state index contributed by atoms with van der Waals surface area (Å²) in [5.74, 6) is 1.25. The highest BCUT2D eigenvalue weighted by atomic mass is 15.4. The number of anilines is 1. The van der Waals surface area contributed by atoms with Gasteiger partial charge in [-0.1, -0.05) is 50.7 Å². The Bertz CT molecular complexity index is 951. The quantitative estimate of drug-likeness (QED) is 0.571. The van der Waals surface area contributed by atoms with Gasteiger partial charge in [-0.05, 0) is 64.1 Å². The first kappa shape index (κ1) is 22.8. The Labute approximate surface area is 206 Å². The number of imidazole rings is 1. The minimum atomic E-state index is 0.419. The van der Waals surface area contributed by atoms with Crippen LogP contribution in [0.2, 0.25) is 0 Å². The first-order chi connectivity index (χ1) is 16.7. The van der Waals surface area contributed by atoms with Crippen molar-refractivity contribution < 1.29 is 0 Å². The van der Waals surface area contributed by atoms with Gasteiger partial charge in [0.1, 0.15) is 0 Å². The van der Waals surface area contributed by atoms with E-state index in [2.05, 4.69) is 50.5 Å². The summed E-state index contributed by atoms with van der Waals surface area (Å²) < 4.78 is 2.66. The minimum Gasteiger partial charge on any atom is -0.339 e. The van der Waals surface area contributed by atoms with E-state index in [9.17, 15) is 0 Å². The van der Waals surface area contributed by atoms with Crippen LogP contribution < -0.4 is 4.90 Å². The molecule has 2 aromatic rings. The van der Waals surface area contributed by atoms with Crippen molar-refractivity contribution in [3.63, 3.8) is 0 Å². The zero-order valence-corrected chi connectivity index (χ0v) is 21.4. The summed E-state index contributed by atoms with van der Waals surface area (Å²) in [6.45, 7) is 9.82. The predicted octanol–water partition coefficient (Wildman–Crippen LogP) is 5.85. The summed E-state index contributed by atoms with van der Waals surface area (Å²) in [5, 5.41) is 0. The minimum absolute atomic E-state index is 0.419. The molecule has 1 saturated carbocycles. The van der Waals surface area contributed by atoms with Crippen LogP contribution in [0.5, 0.6) is 0 Å². The average Bonchev–Trinajstić information content (AvgIpc) is 3.26. The molecule has 4 fully saturated rings. The summed E-state index contributed by atoms with van der Waals surface area (Å²) >= 11 is 0. The number of rotatable bonds is 3. The number of piperidine rings is 2. The van der Waals surface area contributed by atoms with Crippen molar-refractivity contribution in [3.8, 4) is 0 Å². The van der Waals surface area contributed by atoms with Crippen LogP contribution in [0, 0.1) is 0 Å². The molecule has 5 nitrogen and oxygen atoms in total. The maximum Gasteiger partial charge on any atom is 0.206 e. The highest BCUT2D eigenvalue weighted by Crippen LogP contribution is 2.38. The molecule has 0 bridgehead atoms. The zero-order valence-electron chi connectivity index (χ0n) is 21.4. The second-order valence-corrected chi connectivity index (χ2v) is 11.9. The highest BCUT2D eigenvalue weighted by molar-refractivity contribution is 5.79.